The van der Waals surface area contributed by atoms with Crippen molar-refractivity contribution < 1.29 is 0 Å². The van der Waals surface area contributed by atoms with E-state index >= 15 is 0 Å². The molecule has 8 aromatic carbocycles. The first-order valence-electron chi connectivity index (χ1n) is 19.4. The highest BCUT2D eigenvalue weighted by Crippen LogP contribution is 2.43. The van der Waals surface area contributed by atoms with Crippen LogP contribution in [0.25, 0.3) is 100 Å². The zero-order valence-electron chi connectivity index (χ0n) is 31.3. The summed E-state index contributed by atoms with van der Waals surface area (Å²) in [6.45, 7) is 0. The van der Waals surface area contributed by atoms with Gasteiger partial charge in [-0.2, -0.15) is 5.26 Å². The van der Waals surface area contributed by atoms with E-state index in [0.29, 0.717) is 22.8 Å². The second kappa shape index (κ2) is 13.6. The normalized spacial score (nSPS) is 11.4. The van der Waals surface area contributed by atoms with Gasteiger partial charge in [-0.05, 0) is 59.7 Å². The molecule has 5 heteroatoms. The monoisotopic (exact) mass is 739 g/mol. The van der Waals surface area contributed by atoms with Crippen LogP contribution >= 0.6 is 0 Å². The highest BCUT2D eigenvalue weighted by molar-refractivity contribution is 6.26. The van der Waals surface area contributed by atoms with E-state index in [-0.39, 0.29) is 0 Å². The van der Waals surface area contributed by atoms with Crippen molar-refractivity contribution in [3.8, 4) is 62.5 Å². The van der Waals surface area contributed by atoms with Crippen molar-refractivity contribution in [2.45, 2.75) is 0 Å². The molecule has 0 saturated carbocycles. The minimum Gasteiger partial charge on any atom is -0.309 e. The van der Waals surface area contributed by atoms with Crippen LogP contribution in [0.4, 0.5) is 0 Å². The number of rotatable bonds is 6. The van der Waals surface area contributed by atoms with Crippen LogP contribution in [-0.4, -0.2) is 19.1 Å². The molecule has 0 unspecified atom stereocenters. The van der Waals surface area contributed by atoms with E-state index in [4.69, 9.17) is 9.97 Å². The molecule has 0 aliphatic carbocycles. The second-order valence-corrected chi connectivity index (χ2v) is 14.5. The molecule has 11 aromatic rings. The fourth-order valence-corrected chi connectivity index (χ4v) is 8.60. The first-order valence-corrected chi connectivity index (χ1v) is 19.4. The standard InChI is InChI=1S/C53H33N5/c54-34-45-50(36-19-7-2-8-20-36)55-53(56-51(45)37-21-9-3-10-22-37)39-31-38(35-17-5-1-6-18-35)32-41(33-39)57-47-28-16-14-26-44(47)49-48(57)30-29-43-42-25-13-15-27-46(42)58(52(43)49)40-23-11-4-12-24-40/h1-33H. The fourth-order valence-electron chi connectivity index (χ4n) is 8.60. The molecule has 0 radical (unpaired) electrons. The lowest BCUT2D eigenvalue weighted by atomic mass is 9.98. The van der Waals surface area contributed by atoms with Crippen molar-refractivity contribution >= 4 is 43.6 Å². The van der Waals surface area contributed by atoms with Crippen molar-refractivity contribution in [2.24, 2.45) is 0 Å². The van der Waals surface area contributed by atoms with Gasteiger partial charge in [0.25, 0.3) is 0 Å². The summed E-state index contributed by atoms with van der Waals surface area (Å²) < 4.78 is 4.79. The Labute approximate surface area is 335 Å². The molecule has 3 heterocycles. The minimum atomic E-state index is 0.445. The quantitative estimate of drug-likeness (QED) is 0.171. The number of nitriles is 1. The molecule has 0 amide bonds. The fraction of sp³-hybridized carbons (Fsp3) is 0. The second-order valence-electron chi connectivity index (χ2n) is 14.5. The molecule has 58 heavy (non-hydrogen) atoms. The van der Waals surface area contributed by atoms with Crippen molar-refractivity contribution in [3.05, 3.63) is 206 Å². The Morgan fingerprint density at radius 3 is 1.52 bits per heavy atom. The summed E-state index contributed by atoms with van der Waals surface area (Å²) >= 11 is 0. The lowest BCUT2D eigenvalue weighted by molar-refractivity contribution is 1.15. The summed E-state index contributed by atoms with van der Waals surface area (Å²) in [5.74, 6) is 0.545. The Bertz CT molecular complexity index is 3320. The molecule has 0 aliphatic rings. The number of hydrogen-bond acceptors (Lipinski definition) is 3. The molecule has 11 rings (SSSR count). The van der Waals surface area contributed by atoms with Gasteiger partial charge in [0.05, 0.1) is 33.5 Å². The average Bonchev–Trinajstić information content (AvgIpc) is 3.82. The summed E-state index contributed by atoms with van der Waals surface area (Å²) in [7, 11) is 0. The van der Waals surface area contributed by atoms with Gasteiger partial charge in [0.2, 0.25) is 0 Å². The lowest BCUT2D eigenvalue weighted by Crippen LogP contribution is -2.02. The Hall–Kier alpha value is -8.07. The molecule has 0 spiro atoms. The Morgan fingerprint density at radius 1 is 0.379 bits per heavy atom. The van der Waals surface area contributed by atoms with Crippen molar-refractivity contribution in [1.82, 2.24) is 19.1 Å². The van der Waals surface area contributed by atoms with Crippen LogP contribution in [0.1, 0.15) is 5.56 Å². The van der Waals surface area contributed by atoms with E-state index in [1.165, 1.54) is 32.6 Å². The van der Waals surface area contributed by atoms with E-state index in [1.807, 2.05) is 66.7 Å². The van der Waals surface area contributed by atoms with Gasteiger partial charge in [0.15, 0.2) is 5.82 Å². The Kier molecular flexibility index (Phi) is 7.80. The van der Waals surface area contributed by atoms with Crippen LogP contribution in [-0.2, 0) is 0 Å². The Morgan fingerprint density at radius 2 is 0.897 bits per heavy atom. The van der Waals surface area contributed by atoms with E-state index in [9.17, 15) is 5.26 Å². The van der Waals surface area contributed by atoms with Crippen LogP contribution < -0.4 is 0 Å². The summed E-state index contributed by atoms with van der Waals surface area (Å²) in [6.07, 6.45) is 0. The third-order valence-corrected chi connectivity index (χ3v) is 11.1. The molecule has 3 aromatic heterocycles. The maximum absolute atomic E-state index is 10.6. The average molecular weight is 740 g/mol. The number of aromatic nitrogens is 4. The third-order valence-electron chi connectivity index (χ3n) is 11.1. The summed E-state index contributed by atoms with van der Waals surface area (Å²) in [4.78, 5) is 10.4. The van der Waals surface area contributed by atoms with Gasteiger partial charge in [-0.15, -0.1) is 0 Å². The first kappa shape index (κ1) is 33.3. The van der Waals surface area contributed by atoms with Crippen LogP contribution in [0, 0.1) is 11.3 Å². The molecule has 0 atom stereocenters. The van der Waals surface area contributed by atoms with Gasteiger partial charge >= 0.3 is 0 Å². The van der Waals surface area contributed by atoms with Crippen molar-refractivity contribution in [2.75, 3.05) is 0 Å². The molecule has 270 valence electrons. The summed E-state index contributed by atoms with van der Waals surface area (Å²) in [6, 6.07) is 72.0. The van der Waals surface area contributed by atoms with Gasteiger partial charge in [-0.3, -0.25) is 0 Å². The predicted octanol–water partition coefficient (Wildman–Crippen LogP) is 13.2. The SMILES string of the molecule is N#Cc1c(-c2ccccc2)nc(-c2cc(-c3ccccc3)cc(-n3c4ccccc4c4c3ccc3c5ccccc5n(-c5ccccc5)c34)c2)nc1-c1ccccc1. The summed E-state index contributed by atoms with van der Waals surface area (Å²) in [5.41, 5.74) is 13.0. The smallest absolute Gasteiger partial charge is 0.160 e. The molecule has 0 bridgehead atoms. The highest BCUT2D eigenvalue weighted by Gasteiger charge is 2.23. The zero-order valence-corrected chi connectivity index (χ0v) is 31.3. The molecule has 0 aliphatic heterocycles. The van der Waals surface area contributed by atoms with Gasteiger partial charge < -0.3 is 9.13 Å². The van der Waals surface area contributed by atoms with Crippen molar-refractivity contribution in [1.29, 1.82) is 5.26 Å². The molecule has 5 nitrogen and oxygen atoms in total. The summed E-state index contributed by atoms with van der Waals surface area (Å²) in [5, 5.41) is 15.4. The number of fused-ring (bicyclic) bond motifs is 7. The molecule has 0 saturated heterocycles. The maximum atomic E-state index is 10.6. The number of benzene rings is 8. The van der Waals surface area contributed by atoms with Crippen LogP contribution in [0.2, 0.25) is 0 Å². The van der Waals surface area contributed by atoms with Gasteiger partial charge in [-0.1, -0.05) is 152 Å². The van der Waals surface area contributed by atoms with Crippen LogP contribution in [0.15, 0.2) is 200 Å². The maximum Gasteiger partial charge on any atom is 0.160 e. The van der Waals surface area contributed by atoms with Gasteiger partial charge in [-0.25, -0.2) is 9.97 Å². The zero-order chi connectivity index (χ0) is 38.6. The topological polar surface area (TPSA) is 59.4 Å². The minimum absolute atomic E-state index is 0.445. The van der Waals surface area contributed by atoms with Gasteiger partial charge in [0, 0.05) is 49.6 Å². The van der Waals surface area contributed by atoms with Crippen LogP contribution in [0.5, 0.6) is 0 Å². The van der Waals surface area contributed by atoms with E-state index in [2.05, 4.69) is 149 Å². The van der Waals surface area contributed by atoms with Gasteiger partial charge in [0.1, 0.15) is 11.6 Å². The Balaban J connectivity index is 1.24. The highest BCUT2D eigenvalue weighted by atomic mass is 15.0. The van der Waals surface area contributed by atoms with E-state index in [1.54, 1.807) is 0 Å². The molecule has 0 N–H and O–H groups in total. The van der Waals surface area contributed by atoms with Crippen LogP contribution in [0.3, 0.4) is 0 Å². The van der Waals surface area contributed by atoms with E-state index in [0.717, 1.165) is 50.2 Å². The predicted molar refractivity (Wildman–Crippen MR) is 237 cm³/mol. The van der Waals surface area contributed by atoms with E-state index < -0.39 is 0 Å². The lowest BCUT2D eigenvalue weighted by Gasteiger charge is -2.16. The molecular formula is C53H33N5. The first-order chi connectivity index (χ1) is 28.7. The number of para-hydroxylation sites is 3. The molecule has 0 fully saturated rings. The third kappa shape index (κ3) is 5.31. The molecular weight excluding hydrogens is 707 g/mol. The van der Waals surface area contributed by atoms with Crippen molar-refractivity contribution in [3.63, 3.8) is 0 Å². The largest absolute Gasteiger partial charge is 0.309 e. The number of hydrogen-bond donors (Lipinski definition) is 0. The number of nitrogens with zero attached hydrogens (tertiary/aromatic N) is 5.